The lowest BCUT2D eigenvalue weighted by Crippen LogP contribution is -2.44. The van der Waals surface area contributed by atoms with Crippen LogP contribution in [0.4, 0.5) is 22.7 Å². The zero-order chi connectivity index (χ0) is 24.9. The quantitative estimate of drug-likeness (QED) is 0.0781. The molecule has 0 spiro atoms. The molecule has 10 heteroatoms. The molecule has 7 N–H and O–H groups in total. The zero-order valence-electron chi connectivity index (χ0n) is 19.9. The summed E-state index contributed by atoms with van der Waals surface area (Å²) in [6.07, 6.45) is 0.743. The largest absolute Gasteiger partial charge is 0.505 e. The first kappa shape index (κ1) is 24.4. The Morgan fingerprint density at radius 2 is 1.77 bits per heavy atom. The highest BCUT2D eigenvalue weighted by Gasteiger charge is 2.24. The van der Waals surface area contributed by atoms with E-state index in [1.807, 2.05) is 24.3 Å². The molecule has 10 nitrogen and oxygen atoms in total. The smallest absolute Gasteiger partial charge is 0.151 e. The van der Waals surface area contributed by atoms with Gasteiger partial charge >= 0.3 is 0 Å². The fourth-order valence-corrected chi connectivity index (χ4v) is 4.44. The van der Waals surface area contributed by atoms with Gasteiger partial charge in [0.15, 0.2) is 11.5 Å². The lowest BCUT2D eigenvalue weighted by atomic mass is 10.0. The first-order chi connectivity index (χ1) is 16.9. The predicted octanol–water partition coefficient (Wildman–Crippen LogP) is 3.03. The maximum Gasteiger partial charge on any atom is 0.151 e. The number of phenolic OH excluding ortho intramolecular Hbond substituents is 2. The van der Waals surface area contributed by atoms with Crippen molar-refractivity contribution in [2.45, 2.75) is 13.0 Å². The number of nitrogen functional groups attached to an aromatic ring is 1. The number of piperazine rings is 1. The van der Waals surface area contributed by atoms with Crippen LogP contribution in [0.25, 0.3) is 10.8 Å². The van der Waals surface area contributed by atoms with Crippen molar-refractivity contribution in [3.8, 4) is 11.5 Å². The molecule has 0 unspecified atom stereocenters. The maximum absolute atomic E-state index is 11.8. The number of likely N-dealkylation sites (N-methyl/N-ethyl adjacent to an activating group) is 1. The highest BCUT2D eigenvalue weighted by atomic mass is 16.3. The van der Waals surface area contributed by atoms with Crippen LogP contribution in [0.1, 0.15) is 12.0 Å². The molecular formula is C25H33N7O3. The van der Waals surface area contributed by atoms with Crippen molar-refractivity contribution in [3.05, 3.63) is 52.9 Å². The topological polar surface area (TPSA) is 144 Å². The fraction of sp³-hybridized carbons (Fsp3) is 0.360. The van der Waals surface area contributed by atoms with Crippen LogP contribution in [0.5, 0.6) is 11.5 Å². The molecule has 3 aromatic carbocycles. The number of phenols is 2. The first-order valence-corrected chi connectivity index (χ1v) is 11.8. The van der Waals surface area contributed by atoms with E-state index >= 15 is 0 Å². The molecule has 1 fully saturated rings. The minimum atomic E-state index is -0.220. The van der Waals surface area contributed by atoms with Gasteiger partial charge in [0.2, 0.25) is 0 Å². The number of nitrogens with two attached hydrogens (primary N) is 2. The van der Waals surface area contributed by atoms with Gasteiger partial charge in [0, 0.05) is 49.5 Å². The maximum atomic E-state index is 11.8. The van der Waals surface area contributed by atoms with E-state index < -0.39 is 0 Å². The van der Waals surface area contributed by atoms with Crippen molar-refractivity contribution in [3.63, 3.8) is 0 Å². The number of benzene rings is 3. The van der Waals surface area contributed by atoms with Crippen molar-refractivity contribution in [1.82, 2.24) is 4.90 Å². The van der Waals surface area contributed by atoms with Gasteiger partial charge in [-0.1, -0.05) is 24.3 Å². The van der Waals surface area contributed by atoms with Crippen LogP contribution < -0.4 is 26.7 Å². The molecule has 1 aliphatic heterocycles. The van der Waals surface area contributed by atoms with Crippen molar-refractivity contribution < 1.29 is 10.2 Å². The summed E-state index contributed by atoms with van der Waals surface area (Å²) in [6.45, 7) is 5.16. The van der Waals surface area contributed by atoms with E-state index in [1.54, 1.807) is 18.2 Å². The van der Waals surface area contributed by atoms with Crippen molar-refractivity contribution in [1.29, 1.82) is 0 Å². The molecule has 1 saturated heterocycles. The summed E-state index contributed by atoms with van der Waals surface area (Å²) in [5.41, 5.74) is 14.2. The van der Waals surface area contributed by atoms with E-state index in [4.69, 9.17) is 11.5 Å². The predicted molar refractivity (Wildman–Crippen MR) is 142 cm³/mol. The lowest BCUT2D eigenvalue weighted by Gasteiger charge is -2.34. The van der Waals surface area contributed by atoms with Crippen LogP contribution in [-0.4, -0.2) is 61.4 Å². The molecule has 0 saturated carbocycles. The van der Waals surface area contributed by atoms with Gasteiger partial charge in [-0.15, -0.1) is 4.91 Å². The second-order valence-corrected chi connectivity index (χ2v) is 8.85. The molecule has 0 radical (unpaired) electrons. The van der Waals surface area contributed by atoms with E-state index in [0.29, 0.717) is 29.5 Å². The Bertz CT molecular complexity index is 1180. The van der Waals surface area contributed by atoms with Crippen LogP contribution in [0.3, 0.4) is 0 Å². The third-order valence-corrected chi connectivity index (χ3v) is 6.48. The summed E-state index contributed by atoms with van der Waals surface area (Å²) in [5.74, 6) is -0.436. The fourth-order valence-electron chi connectivity index (χ4n) is 4.44. The molecule has 1 heterocycles. The molecule has 0 aliphatic carbocycles. The van der Waals surface area contributed by atoms with Crippen LogP contribution in [0.15, 0.2) is 47.8 Å². The highest BCUT2D eigenvalue weighted by molar-refractivity contribution is 6.09. The van der Waals surface area contributed by atoms with Gasteiger partial charge in [-0.05, 0) is 43.8 Å². The Labute approximate surface area is 204 Å². The monoisotopic (exact) mass is 479 g/mol. The van der Waals surface area contributed by atoms with E-state index in [-0.39, 0.29) is 29.4 Å². The molecule has 1 aliphatic rings. The van der Waals surface area contributed by atoms with Gasteiger partial charge in [0.1, 0.15) is 11.4 Å². The second-order valence-electron chi connectivity index (χ2n) is 8.85. The van der Waals surface area contributed by atoms with Crippen LogP contribution in [0.2, 0.25) is 0 Å². The Balaban J connectivity index is 1.61. The summed E-state index contributed by atoms with van der Waals surface area (Å²) in [4.78, 5) is 16.5. The van der Waals surface area contributed by atoms with Crippen LogP contribution in [-0.2, 0) is 6.54 Å². The second kappa shape index (κ2) is 10.7. The summed E-state index contributed by atoms with van der Waals surface area (Å²) >= 11 is 0. The summed E-state index contributed by atoms with van der Waals surface area (Å²) in [7, 11) is 2.12. The minimum Gasteiger partial charge on any atom is -0.505 e. The highest BCUT2D eigenvalue weighted by Crippen LogP contribution is 2.49. The molecule has 0 amide bonds. The number of hydrogen-bond donors (Lipinski definition) is 5. The van der Waals surface area contributed by atoms with E-state index in [9.17, 15) is 15.1 Å². The van der Waals surface area contributed by atoms with Gasteiger partial charge < -0.3 is 36.8 Å². The van der Waals surface area contributed by atoms with Crippen LogP contribution in [0, 0.1) is 4.91 Å². The van der Waals surface area contributed by atoms with Gasteiger partial charge in [-0.2, -0.15) is 0 Å². The zero-order valence-corrected chi connectivity index (χ0v) is 19.9. The lowest BCUT2D eigenvalue weighted by molar-refractivity contribution is 0.313. The summed E-state index contributed by atoms with van der Waals surface area (Å²) < 4.78 is 0. The molecule has 35 heavy (non-hydrogen) atoms. The minimum absolute atomic E-state index is 0.0211. The van der Waals surface area contributed by atoms with Crippen molar-refractivity contribution >= 4 is 33.5 Å². The number of rotatable bonds is 9. The third kappa shape index (κ3) is 5.03. The Morgan fingerprint density at radius 1 is 1.06 bits per heavy atom. The average molecular weight is 480 g/mol. The molecular weight excluding hydrogens is 446 g/mol. The Morgan fingerprint density at radius 3 is 2.43 bits per heavy atom. The molecule has 186 valence electrons. The SMILES string of the molecule is CN1CCN(c2ccc(CN(N=O)c3c(N)c(O)c4c(NCCCN)cccc4c3O)cc2)CC1. The number of fused-ring (bicyclic) bond motifs is 1. The standard InChI is InChI=1S/C25H33N7O3/c1-30-12-14-31(15-13-30)18-8-6-17(7-9-18)16-32(29-35)23-22(27)25(34)21-19(24(23)33)4-2-5-20(21)28-11-3-10-26/h2,4-9,28,33-34H,3,10-16,26-27H2,1H3. The Kier molecular flexibility index (Phi) is 7.42. The Hall–Kier alpha value is -3.76. The number of aromatic hydroxyl groups is 2. The number of hydrogen-bond acceptors (Lipinski definition) is 9. The molecule has 4 rings (SSSR count). The number of nitrogens with zero attached hydrogens (tertiary/aromatic N) is 4. The molecule has 0 aromatic heterocycles. The summed E-state index contributed by atoms with van der Waals surface area (Å²) in [6, 6.07) is 13.1. The van der Waals surface area contributed by atoms with Gasteiger partial charge in [-0.3, -0.25) is 0 Å². The third-order valence-electron chi connectivity index (χ3n) is 6.48. The van der Waals surface area contributed by atoms with Gasteiger partial charge in [0.25, 0.3) is 0 Å². The van der Waals surface area contributed by atoms with Crippen LogP contribution >= 0.6 is 0 Å². The van der Waals surface area contributed by atoms with E-state index in [0.717, 1.165) is 48.9 Å². The average Bonchev–Trinajstić information content (AvgIpc) is 2.88. The van der Waals surface area contributed by atoms with E-state index in [2.05, 4.69) is 27.5 Å². The summed E-state index contributed by atoms with van der Waals surface area (Å²) in [5, 5.41) is 30.1. The number of anilines is 4. The molecule has 0 bridgehead atoms. The molecule has 0 atom stereocenters. The number of nitroso groups, excluding NO2 is 1. The van der Waals surface area contributed by atoms with Gasteiger partial charge in [0.05, 0.1) is 17.2 Å². The number of nitrogens with one attached hydrogen (secondary N) is 1. The van der Waals surface area contributed by atoms with E-state index in [1.165, 1.54) is 0 Å². The first-order valence-electron chi connectivity index (χ1n) is 11.8. The molecule has 3 aromatic rings. The van der Waals surface area contributed by atoms with Gasteiger partial charge in [-0.25, -0.2) is 5.01 Å². The van der Waals surface area contributed by atoms with Crippen molar-refractivity contribution in [2.24, 2.45) is 11.0 Å². The van der Waals surface area contributed by atoms with Crippen molar-refractivity contribution in [2.75, 3.05) is 67.3 Å². The normalized spacial score (nSPS) is 14.3.